The number of hydrogen-bond acceptors (Lipinski definition) is 4. The van der Waals surface area contributed by atoms with E-state index in [-0.39, 0.29) is 5.03 Å². The van der Waals surface area contributed by atoms with E-state index in [0.29, 0.717) is 0 Å². The summed E-state index contributed by atoms with van der Waals surface area (Å²) in [5, 5.41) is 4.60. The summed E-state index contributed by atoms with van der Waals surface area (Å²) in [5.41, 5.74) is 4.53. The Morgan fingerprint density at radius 3 is 2.52 bits per heavy atom. The predicted octanol–water partition coefficient (Wildman–Crippen LogP) is 2.95. The SMILES string of the molecule is Cc1cccc(-n2nc(C)cc2-c2ccnc(S(C)(=O)=O)c2)c1. The number of rotatable bonds is 3. The van der Waals surface area contributed by atoms with Crippen molar-refractivity contribution in [1.82, 2.24) is 14.8 Å². The Kier molecular flexibility index (Phi) is 3.77. The molecule has 0 saturated carbocycles. The molecule has 0 aliphatic heterocycles. The number of sulfone groups is 1. The first-order valence-electron chi connectivity index (χ1n) is 7.15. The van der Waals surface area contributed by atoms with Crippen LogP contribution in [0.3, 0.4) is 0 Å². The van der Waals surface area contributed by atoms with E-state index < -0.39 is 9.84 Å². The van der Waals surface area contributed by atoms with Crippen molar-refractivity contribution < 1.29 is 8.42 Å². The van der Waals surface area contributed by atoms with Crippen molar-refractivity contribution in [2.24, 2.45) is 0 Å². The number of hydrogen-bond donors (Lipinski definition) is 0. The fraction of sp³-hybridized carbons (Fsp3) is 0.176. The molecule has 0 saturated heterocycles. The summed E-state index contributed by atoms with van der Waals surface area (Å²) in [6.07, 6.45) is 2.66. The lowest BCUT2D eigenvalue weighted by Gasteiger charge is -2.09. The van der Waals surface area contributed by atoms with Crippen molar-refractivity contribution in [2.75, 3.05) is 6.26 Å². The van der Waals surface area contributed by atoms with Crippen LogP contribution in [0, 0.1) is 13.8 Å². The lowest BCUT2D eigenvalue weighted by molar-refractivity contribution is 0.598. The summed E-state index contributed by atoms with van der Waals surface area (Å²) < 4.78 is 25.3. The first-order valence-corrected chi connectivity index (χ1v) is 9.04. The van der Waals surface area contributed by atoms with Gasteiger partial charge in [-0.1, -0.05) is 12.1 Å². The second kappa shape index (κ2) is 5.62. The maximum absolute atomic E-state index is 11.7. The smallest absolute Gasteiger partial charge is 0.192 e. The van der Waals surface area contributed by atoms with Crippen molar-refractivity contribution in [2.45, 2.75) is 18.9 Å². The van der Waals surface area contributed by atoms with Gasteiger partial charge in [0, 0.05) is 18.0 Å². The molecule has 6 heteroatoms. The van der Waals surface area contributed by atoms with Gasteiger partial charge in [0.15, 0.2) is 14.9 Å². The molecule has 0 N–H and O–H groups in total. The largest absolute Gasteiger partial charge is 0.245 e. The number of nitrogens with zero attached hydrogens (tertiary/aromatic N) is 3. The van der Waals surface area contributed by atoms with Crippen LogP contribution in [0.2, 0.25) is 0 Å². The molecule has 0 amide bonds. The van der Waals surface area contributed by atoms with Crippen LogP contribution < -0.4 is 0 Å². The number of pyridine rings is 1. The number of aromatic nitrogens is 3. The van der Waals surface area contributed by atoms with E-state index in [0.717, 1.165) is 34.5 Å². The van der Waals surface area contributed by atoms with Gasteiger partial charge >= 0.3 is 0 Å². The molecule has 0 aliphatic rings. The average molecular weight is 327 g/mol. The van der Waals surface area contributed by atoms with Gasteiger partial charge < -0.3 is 0 Å². The van der Waals surface area contributed by atoms with E-state index in [2.05, 4.69) is 10.1 Å². The molecule has 2 heterocycles. The van der Waals surface area contributed by atoms with E-state index in [9.17, 15) is 8.42 Å². The van der Waals surface area contributed by atoms with Gasteiger partial charge in [0.2, 0.25) is 0 Å². The molecule has 0 radical (unpaired) electrons. The molecule has 0 spiro atoms. The Bertz CT molecular complexity index is 975. The molecule has 0 fully saturated rings. The van der Waals surface area contributed by atoms with Gasteiger partial charge in [0.25, 0.3) is 0 Å². The number of aryl methyl sites for hydroxylation is 2. The Hall–Kier alpha value is -2.47. The molecule has 0 aliphatic carbocycles. The van der Waals surface area contributed by atoms with Gasteiger partial charge in [-0.25, -0.2) is 18.1 Å². The highest BCUT2D eigenvalue weighted by Crippen LogP contribution is 2.25. The van der Waals surface area contributed by atoms with E-state index >= 15 is 0 Å². The van der Waals surface area contributed by atoms with Crippen LogP contribution in [-0.4, -0.2) is 29.4 Å². The monoisotopic (exact) mass is 327 g/mol. The van der Waals surface area contributed by atoms with Gasteiger partial charge in [-0.2, -0.15) is 5.10 Å². The first-order chi connectivity index (χ1) is 10.8. The Morgan fingerprint density at radius 1 is 1.04 bits per heavy atom. The highest BCUT2D eigenvalue weighted by molar-refractivity contribution is 7.90. The minimum Gasteiger partial charge on any atom is -0.245 e. The third-order valence-corrected chi connectivity index (χ3v) is 4.47. The van der Waals surface area contributed by atoms with Gasteiger partial charge in [-0.05, 0) is 49.7 Å². The van der Waals surface area contributed by atoms with Crippen LogP contribution in [0.15, 0.2) is 53.7 Å². The minimum atomic E-state index is -3.35. The van der Waals surface area contributed by atoms with Crippen molar-refractivity contribution in [3.05, 3.63) is 59.9 Å². The summed E-state index contributed by atoms with van der Waals surface area (Å²) in [4.78, 5) is 3.94. The molecular formula is C17H17N3O2S. The molecule has 3 aromatic rings. The molecule has 118 valence electrons. The van der Waals surface area contributed by atoms with E-state index in [1.54, 1.807) is 12.1 Å². The molecule has 1 aromatic carbocycles. The van der Waals surface area contributed by atoms with Crippen LogP contribution in [0.25, 0.3) is 16.9 Å². The van der Waals surface area contributed by atoms with Crippen molar-refractivity contribution in [3.63, 3.8) is 0 Å². The van der Waals surface area contributed by atoms with Crippen LogP contribution in [-0.2, 0) is 9.84 Å². The molecule has 0 atom stereocenters. The Balaban J connectivity index is 2.19. The standard InChI is InChI=1S/C17H17N3O2S/c1-12-5-4-6-15(9-12)20-16(10-13(2)19-20)14-7-8-18-17(11-14)23(3,21)22/h4-11H,1-3H3. The second-order valence-corrected chi connectivity index (χ2v) is 7.54. The highest BCUT2D eigenvalue weighted by Gasteiger charge is 2.14. The van der Waals surface area contributed by atoms with Crippen LogP contribution in [0.1, 0.15) is 11.3 Å². The van der Waals surface area contributed by atoms with Crippen LogP contribution in [0.4, 0.5) is 0 Å². The minimum absolute atomic E-state index is 0.0599. The lowest BCUT2D eigenvalue weighted by Crippen LogP contribution is -2.02. The van der Waals surface area contributed by atoms with Crippen LogP contribution >= 0.6 is 0 Å². The third kappa shape index (κ3) is 3.17. The predicted molar refractivity (Wildman–Crippen MR) is 89.4 cm³/mol. The zero-order valence-corrected chi connectivity index (χ0v) is 14.0. The summed E-state index contributed by atoms with van der Waals surface area (Å²) in [6, 6.07) is 13.3. The topological polar surface area (TPSA) is 64.8 Å². The summed E-state index contributed by atoms with van der Waals surface area (Å²) in [6.45, 7) is 3.93. The molecular weight excluding hydrogens is 310 g/mol. The van der Waals surface area contributed by atoms with E-state index in [4.69, 9.17) is 0 Å². The maximum Gasteiger partial charge on any atom is 0.192 e. The number of benzene rings is 1. The second-order valence-electron chi connectivity index (χ2n) is 5.58. The molecule has 23 heavy (non-hydrogen) atoms. The van der Waals surface area contributed by atoms with Crippen molar-refractivity contribution >= 4 is 9.84 Å². The Morgan fingerprint density at radius 2 is 1.83 bits per heavy atom. The van der Waals surface area contributed by atoms with Gasteiger partial charge in [0.05, 0.1) is 17.1 Å². The van der Waals surface area contributed by atoms with Gasteiger partial charge in [-0.3, -0.25) is 0 Å². The van der Waals surface area contributed by atoms with Crippen molar-refractivity contribution in [1.29, 1.82) is 0 Å². The zero-order chi connectivity index (χ0) is 16.6. The highest BCUT2D eigenvalue weighted by atomic mass is 32.2. The fourth-order valence-corrected chi connectivity index (χ4v) is 3.03. The van der Waals surface area contributed by atoms with Crippen molar-refractivity contribution in [3.8, 4) is 16.9 Å². The third-order valence-electron chi connectivity index (χ3n) is 3.49. The summed E-state index contributed by atoms with van der Waals surface area (Å²) in [5.74, 6) is 0. The van der Waals surface area contributed by atoms with Crippen LogP contribution in [0.5, 0.6) is 0 Å². The normalized spacial score (nSPS) is 11.6. The zero-order valence-electron chi connectivity index (χ0n) is 13.2. The van der Waals surface area contributed by atoms with E-state index in [1.165, 1.54) is 6.20 Å². The summed E-state index contributed by atoms with van der Waals surface area (Å²) >= 11 is 0. The first kappa shape index (κ1) is 15.4. The molecule has 5 nitrogen and oxygen atoms in total. The van der Waals surface area contributed by atoms with E-state index in [1.807, 2.05) is 48.9 Å². The fourth-order valence-electron chi connectivity index (χ4n) is 2.43. The van der Waals surface area contributed by atoms with Gasteiger partial charge in [0.1, 0.15) is 0 Å². The molecule has 0 bridgehead atoms. The maximum atomic E-state index is 11.7. The molecule has 0 unspecified atom stereocenters. The average Bonchev–Trinajstić information content (AvgIpc) is 2.89. The lowest BCUT2D eigenvalue weighted by atomic mass is 10.1. The Labute approximate surface area is 135 Å². The quantitative estimate of drug-likeness (QED) is 0.742. The van der Waals surface area contributed by atoms with Gasteiger partial charge in [-0.15, -0.1) is 0 Å². The molecule has 3 rings (SSSR count). The summed E-state index contributed by atoms with van der Waals surface area (Å²) in [7, 11) is -3.35. The molecule has 2 aromatic heterocycles.